The lowest BCUT2D eigenvalue weighted by Gasteiger charge is -2.22. The van der Waals surface area contributed by atoms with E-state index in [9.17, 15) is 4.79 Å². The molecule has 0 heterocycles. The molecule has 0 saturated heterocycles. The van der Waals surface area contributed by atoms with Crippen LogP contribution in [0.5, 0.6) is 0 Å². The molecule has 0 radical (unpaired) electrons. The van der Waals surface area contributed by atoms with Crippen LogP contribution >= 0.6 is 0 Å². The van der Waals surface area contributed by atoms with Gasteiger partial charge in [-0.25, -0.2) is 0 Å². The average Bonchev–Trinajstić information content (AvgIpc) is 2.74. The molecule has 6 heteroatoms. The largest absolute Gasteiger partial charge is 0.378 e. The van der Waals surface area contributed by atoms with E-state index in [1.807, 2.05) is 30.3 Å². The normalized spacial score (nSPS) is 15.2. The minimum absolute atomic E-state index is 0.0347. The third-order valence-electron chi connectivity index (χ3n) is 4.79. The lowest BCUT2D eigenvalue weighted by Crippen LogP contribution is -2.38. The van der Waals surface area contributed by atoms with Gasteiger partial charge in [0.2, 0.25) is 0 Å². The molecule has 0 spiro atoms. The predicted octanol–water partition coefficient (Wildman–Crippen LogP) is 3.10. The van der Waals surface area contributed by atoms with Crippen molar-refractivity contribution in [3.63, 3.8) is 0 Å². The molecule has 28 heavy (non-hydrogen) atoms. The zero-order chi connectivity index (χ0) is 19.9. The number of amides is 1. The zero-order valence-corrected chi connectivity index (χ0v) is 17.2. The van der Waals surface area contributed by atoms with Crippen molar-refractivity contribution in [3.8, 4) is 0 Å². The summed E-state index contributed by atoms with van der Waals surface area (Å²) in [6.07, 6.45) is 8.68. The standard InChI is InChI=1S/C22H36N4O2/c1-2-23-22(26-17-10-18-28-20-13-7-4-8-14-20)25-16-9-15-24-21(27)19-11-5-3-6-12-19/h3,5-6,11-12,20H,2,4,7-10,13-18H2,1H3,(H,24,27)(H2,23,25,26). The lowest BCUT2D eigenvalue weighted by atomic mass is 9.98. The summed E-state index contributed by atoms with van der Waals surface area (Å²) in [6.45, 7) is 5.83. The van der Waals surface area contributed by atoms with Crippen molar-refractivity contribution in [3.05, 3.63) is 35.9 Å². The van der Waals surface area contributed by atoms with Crippen LogP contribution in [0.15, 0.2) is 35.3 Å². The number of benzene rings is 1. The number of nitrogens with one attached hydrogen (secondary N) is 3. The highest BCUT2D eigenvalue weighted by Crippen LogP contribution is 2.20. The Kier molecular flexibility index (Phi) is 11.1. The van der Waals surface area contributed by atoms with Crippen LogP contribution in [0.25, 0.3) is 0 Å². The molecule has 156 valence electrons. The smallest absolute Gasteiger partial charge is 0.251 e. The predicted molar refractivity (Wildman–Crippen MR) is 115 cm³/mol. The van der Waals surface area contributed by atoms with Gasteiger partial charge < -0.3 is 20.7 Å². The summed E-state index contributed by atoms with van der Waals surface area (Å²) < 4.78 is 5.96. The molecule has 0 aromatic heterocycles. The molecule has 1 aliphatic rings. The fourth-order valence-corrected chi connectivity index (χ4v) is 3.27. The summed E-state index contributed by atoms with van der Waals surface area (Å²) >= 11 is 0. The summed E-state index contributed by atoms with van der Waals surface area (Å²) in [6, 6.07) is 9.28. The molecule has 3 N–H and O–H groups in total. The van der Waals surface area contributed by atoms with E-state index in [0.717, 1.165) is 38.5 Å². The molecular formula is C22H36N4O2. The molecule has 1 aliphatic carbocycles. The second kappa shape index (κ2) is 14.0. The van der Waals surface area contributed by atoms with E-state index in [1.54, 1.807) is 0 Å². The van der Waals surface area contributed by atoms with Crippen molar-refractivity contribution >= 4 is 11.9 Å². The van der Waals surface area contributed by atoms with Crippen molar-refractivity contribution in [2.24, 2.45) is 4.99 Å². The molecule has 0 unspecified atom stereocenters. The van der Waals surface area contributed by atoms with Gasteiger partial charge in [0.15, 0.2) is 5.96 Å². The number of carbonyl (C=O) groups is 1. The van der Waals surface area contributed by atoms with Crippen LogP contribution in [-0.2, 0) is 4.74 Å². The quantitative estimate of drug-likeness (QED) is 0.309. The Morgan fingerprint density at radius 1 is 1.04 bits per heavy atom. The highest BCUT2D eigenvalue weighted by molar-refractivity contribution is 5.94. The Labute approximate surface area is 169 Å². The maximum atomic E-state index is 12.0. The van der Waals surface area contributed by atoms with Crippen LogP contribution in [0.3, 0.4) is 0 Å². The summed E-state index contributed by atoms with van der Waals surface area (Å²) in [5.74, 6) is 0.794. The number of rotatable bonds is 11. The van der Waals surface area contributed by atoms with E-state index in [-0.39, 0.29) is 5.91 Å². The van der Waals surface area contributed by atoms with E-state index < -0.39 is 0 Å². The van der Waals surface area contributed by atoms with Crippen LogP contribution in [0.1, 0.15) is 62.2 Å². The Bertz CT molecular complexity index is 571. The first kappa shape index (κ1) is 22.2. The Hall–Kier alpha value is -2.08. The van der Waals surface area contributed by atoms with Gasteiger partial charge in [-0.1, -0.05) is 37.5 Å². The van der Waals surface area contributed by atoms with Gasteiger partial charge in [0, 0.05) is 38.3 Å². The monoisotopic (exact) mass is 388 g/mol. The third-order valence-corrected chi connectivity index (χ3v) is 4.79. The molecule has 0 aliphatic heterocycles. The van der Waals surface area contributed by atoms with E-state index in [2.05, 4.69) is 27.9 Å². The van der Waals surface area contributed by atoms with Crippen LogP contribution in [0, 0.1) is 0 Å². The Morgan fingerprint density at radius 2 is 1.79 bits per heavy atom. The zero-order valence-electron chi connectivity index (χ0n) is 17.2. The van der Waals surface area contributed by atoms with E-state index in [4.69, 9.17) is 4.74 Å². The van der Waals surface area contributed by atoms with Gasteiger partial charge in [-0.15, -0.1) is 0 Å². The minimum Gasteiger partial charge on any atom is -0.378 e. The number of carbonyl (C=O) groups excluding carboxylic acids is 1. The maximum Gasteiger partial charge on any atom is 0.251 e. The summed E-state index contributed by atoms with van der Waals surface area (Å²) in [4.78, 5) is 16.6. The SMILES string of the molecule is CCNC(=NCCCNC(=O)c1ccccc1)NCCCOC1CCCCC1. The minimum atomic E-state index is -0.0347. The summed E-state index contributed by atoms with van der Waals surface area (Å²) in [5.41, 5.74) is 0.691. The number of hydrogen-bond acceptors (Lipinski definition) is 3. The lowest BCUT2D eigenvalue weighted by molar-refractivity contribution is 0.0277. The highest BCUT2D eigenvalue weighted by Gasteiger charge is 2.12. The van der Waals surface area contributed by atoms with Gasteiger partial charge in [0.05, 0.1) is 6.10 Å². The van der Waals surface area contributed by atoms with Gasteiger partial charge in [-0.2, -0.15) is 0 Å². The molecule has 1 fully saturated rings. The van der Waals surface area contributed by atoms with Crippen molar-refractivity contribution < 1.29 is 9.53 Å². The number of ether oxygens (including phenoxy) is 1. The first-order valence-corrected chi connectivity index (χ1v) is 10.8. The van der Waals surface area contributed by atoms with Gasteiger partial charge in [-0.05, 0) is 44.7 Å². The second-order valence-corrected chi connectivity index (χ2v) is 7.15. The van der Waals surface area contributed by atoms with Gasteiger partial charge in [0.1, 0.15) is 0 Å². The highest BCUT2D eigenvalue weighted by atomic mass is 16.5. The molecule has 0 bridgehead atoms. The first-order chi connectivity index (χ1) is 13.8. The van der Waals surface area contributed by atoms with Crippen molar-refractivity contribution in [2.45, 2.75) is 58.0 Å². The third kappa shape index (κ3) is 9.22. The number of hydrogen-bond donors (Lipinski definition) is 3. The van der Waals surface area contributed by atoms with Crippen molar-refractivity contribution in [2.75, 3.05) is 32.8 Å². The molecule has 1 aromatic carbocycles. The summed E-state index contributed by atoms with van der Waals surface area (Å²) in [7, 11) is 0. The number of guanidine groups is 1. The van der Waals surface area contributed by atoms with Gasteiger partial charge >= 0.3 is 0 Å². The Morgan fingerprint density at radius 3 is 2.54 bits per heavy atom. The number of aliphatic imine (C=N–C) groups is 1. The van der Waals surface area contributed by atoms with Crippen LogP contribution in [-0.4, -0.2) is 50.8 Å². The van der Waals surface area contributed by atoms with Crippen LogP contribution in [0.4, 0.5) is 0 Å². The molecule has 1 saturated carbocycles. The van der Waals surface area contributed by atoms with Crippen molar-refractivity contribution in [1.82, 2.24) is 16.0 Å². The summed E-state index contributed by atoms with van der Waals surface area (Å²) in [5, 5.41) is 9.54. The first-order valence-electron chi connectivity index (χ1n) is 10.8. The average molecular weight is 389 g/mol. The van der Waals surface area contributed by atoms with Gasteiger partial charge in [-0.3, -0.25) is 9.79 Å². The molecule has 6 nitrogen and oxygen atoms in total. The van der Waals surface area contributed by atoms with Crippen molar-refractivity contribution in [1.29, 1.82) is 0 Å². The fraction of sp³-hybridized carbons (Fsp3) is 0.636. The molecular weight excluding hydrogens is 352 g/mol. The van der Waals surface area contributed by atoms with E-state index >= 15 is 0 Å². The number of nitrogens with zero attached hydrogens (tertiary/aromatic N) is 1. The van der Waals surface area contributed by atoms with E-state index in [1.165, 1.54) is 32.1 Å². The molecule has 2 rings (SSSR count). The molecule has 0 atom stereocenters. The van der Waals surface area contributed by atoms with Crippen LogP contribution in [0.2, 0.25) is 0 Å². The van der Waals surface area contributed by atoms with Crippen LogP contribution < -0.4 is 16.0 Å². The molecule has 1 aromatic rings. The van der Waals surface area contributed by atoms with Gasteiger partial charge in [0.25, 0.3) is 5.91 Å². The second-order valence-electron chi connectivity index (χ2n) is 7.15. The fourth-order valence-electron chi connectivity index (χ4n) is 3.27. The Balaban J connectivity index is 1.55. The topological polar surface area (TPSA) is 74.8 Å². The maximum absolute atomic E-state index is 12.0. The molecule has 1 amide bonds. The van der Waals surface area contributed by atoms with E-state index in [0.29, 0.717) is 24.8 Å².